The Kier molecular flexibility index (Phi) is 5.61. The first kappa shape index (κ1) is 19.2. The molecule has 2 aromatic rings. The second-order valence-corrected chi connectivity index (χ2v) is 9.05. The maximum Gasteiger partial charge on any atom is 0.108 e. The van der Waals surface area contributed by atoms with Gasteiger partial charge in [-0.3, -0.25) is 9.88 Å². The van der Waals surface area contributed by atoms with Gasteiger partial charge in [0.25, 0.3) is 0 Å². The number of hydrogen-bond donors (Lipinski definition) is 0. The maximum atomic E-state index is 6.46. The van der Waals surface area contributed by atoms with Crippen LogP contribution in [0.1, 0.15) is 43.0 Å². The Balaban J connectivity index is 1.28. The number of likely N-dealkylation sites (tertiary alicyclic amines) is 1. The van der Waals surface area contributed by atoms with Crippen molar-refractivity contribution in [3.05, 3.63) is 42.0 Å². The third kappa shape index (κ3) is 4.52. The first-order chi connectivity index (χ1) is 14.3. The molecule has 2 saturated carbocycles. The van der Waals surface area contributed by atoms with Gasteiger partial charge >= 0.3 is 0 Å². The zero-order valence-corrected chi connectivity index (χ0v) is 17.2. The molecule has 7 nitrogen and oxygen atoms in total. The lowest BCUT2D eigenvalue weighted by atomic mass is 9.77. The molecule has 3 fully saturated rings. The van der Waals surface area contributed by atoms with Crippen molar-refractivity contribution in [3.63, 3.8) is 0 Å². The molecule has 0 unspecified atom stereocenters. The molecule has 4 atom stereocenters. The molecule has 0 spiro atoms. The van der Waals surface area contributed by atoms with Crippen LogP contribution in [-0.2, 0) is 22.6 Å². The van der Waals surface area contributed by atoms with Crippen LogP contribution in [0.4, 0.5) is 0 Å². The first-order valence-corrected chi connectivity index (χ1v) is 10.9. The number of hydrogen-bond acceptors (Lipinski definition) is 6. The average Bonchev–Trinajstić information content (AvgIpc) is 3.31. The lowest BCUT2D eigenvalue weighted by Gasteiger charge is -2.37. The van der Waals surface area contributed by atoms with Gasteiger partial charge in [-0.15, -0.1) is 5.10 Å². The summed E-state index contributed by atoms with van der Waals surface area (Å²) >= 11 is 0. The minimum atomic E-state index is 0.229. The summed E-state index contributed by atoms with van der Waals surface area (Å²) in [6.07, 6.45) is 11.0. The summed E-state index contributed by atoms with van der Waals surface area (Å²) in [5.74, 6) is 2.17. The minimum Gasteiger partial charge on any atom is -0.378 e. The van der Waals surface area contributed by atoms with Crippen molar-refractivity contribution in [3.8, 4) is 0 Å². The molecule has 2 aromatic heterocycles. The van der Waals surface area contributed by atoms with Gasteiger partial charge < -0.3 is 9.47 Å². The van der Waals surface area contributed by atoms with Crippen LogP contribution in [0.3, 0.4) is 0 Å². The van der Waals surface area contributed by atoms with Gasteiger partial charge in [0.2, 0.25) is 0 Å². The molecule has 7 heteroatoms. The molecule has 1 saturated heterocycles. The molecule has 1 aliphatic heterocycles. The van der Waals surface area contributed by atoms with E-state index in [1.165, 1.54) is 18.4 Å². The van der Waals surface area contributed by atoms with Crippen molar-refractivity contribution in [2.24, 2.45) is 17.8 Å². The van der Waals surface area contributed by atoms with Crippen molar-refractivity contribution >= 4 is 0 Å². The third-order valence-electron chi connectivity index (χ3n) is 6.72. The van der Waals surface area contributed by atoms with Crippen LogP contribution in [0.2, 0.25) is 0 Å². The van der Waals surface area contributed by atoms with Crippen molar-refractivity contribution < 1.29 is 9.47 Å². The number of rotatable bonds is 8. The van der Waals surface area contributed by atoms with E-state index in [-0.39, 0.29) is 12.1 Å². The summed E-state index contributed by atoms with van der Waals surface area (Å²) < 4.78 is 13.7. The zero-order valence-electron chi connectivity index (χ0n) is 17.2. The summed E-state index contributed by atoms with van der Waals surface area (Å²) in [4.78, 5) is 6.86. The van der Waals surface area contributed by atoms with E-state index in [4.69, 9.17) is 9.47 Å². The topological polar surface area (TPSA) is 65.3 Å². The number of nitrogens with zero attached hydrogens (tertiary/aromatic N) is 5. The van der Waals surface area contributed by atoms with Gasteiger partial charge in [-0.25, -0.2) is 4.68 Å². The highest BCUT2D eigenvalue weighted by Gasteiger charge is 2.44. The Morgan fingerprint density at radius 2 is 2.03 bits per heavy atom. The fourth-order valence-electron chi connectivity index (χ4n) is 5.06. The smallest absolute Gasteiger partial charge is 0.108 e. The fraction of sp³-hybridized carbons (Fsp3) is 0.682. The minimum absolute atomic E-state index is 0.229. The summed E-state index contributed by atoms with van der Waals surface area (Å²) in [6, 6.07) is 4.47. The Labute approximate surface area is 172 Å². The highest BCUT2D eigenvalue weighted by molar-refractivity contribution is 5.09. The molecule has 0 aromatic carbocycles. The summed E-state index contributed by atoms with van der Waals surface area (Å²) in [7, 11) is 1.70. The van der Waals surface area contributed by atoms with Gasteiger partial charge in [0.05, 0.1) is 24.9 Å². The highest BCUT2D eigenvalue weighted by atomic mass is 16.5. The SMILES string of the molecule is COCc1cn([C@@H]2C[C@@H]3CN(Cc4cccnc4)C[C@@H]3C[C@H]2OCC2CC2)nn1. The van der Waals surface area contributed by atoms with E-state index in [0.717, 1.165) is 50.7 Å². The highest BCUT2D eigenvalue weighted by Crippen LogP contribution is 2.43. The number of fused-ring (bicyclic) bond motifs is 1. The van der Waals surface area contributed by atoms with Gasteiger partial charge in [-0.2, -0.15) is 0 Å². The van der Waals surface area contributed by atoms with E-state index >= 15 is 0 Å². The van der Waals surface area contributed by atoms with E-state index in [1.54, 1.807) is 7.11 Å². The predicted molar refractivity (Wildman–Crippen MR) is 108 cm³/mol. The molecule has 0 radical (unpaired) electrons. The lowest BCUT2D eigenvalue weighted by molar-refractivity contribution is -0.0376. The van der Waals surface area contributed by atoms with Crippen LogP contribution in [0.15, 0.2) is 30.7 Å². The van der Waals surface area contributed by atoms with Crippen LogP contribution < -0.4 is 0 Å². The van der Waals surface area contributed by atoms with Crippen LogP contribution in [0, 0.1) is 17.8 Å². The summed E-state index contributed by atoms with van der Waals surface area (Å²) in [5.41, 5.74) is 2.19. The molecule has 156 valence electrons. The van der Waals surface area contributed by atoms with Crippen LogP contribution in [-0.4, -0.2) is 57.8 Å². The average molecular weight is 398 g/mol. The molecule has 3 heterocycles. The Bertz CT molecular complexity index is 794. The number of pyridine rings is 1. The fourth-order valence-corrected chi connectivity index (χ4v) is 5.06. The van der Waals surface area contributed by atoms with Gasteiger partial charge in [0.15, 0.2) is 0 Å². The molecule has 29 heavy (non-hydrogen) atoms. The van der Waals surface area contributed by atoms with Gasteiger partial charge in [-0.05, 0) is 55.1 Å². The lowest BCUT2D eigenvalue weighted by Crippen LogP contribution is -2.38. The standard InChI is InChI=1S/C22H31N5O2/c1-28-15-20-13-27(25-24-20)21-7-18-11-26(10-17-3-2-6-23-9-17)12-19(18)8-22(21)29-14-16-4-5-16/h2-3,6,9,13,16,18-19,21-22H,4-5,7-8,10-12,14-15H2,1H3/t18-,19+,21-,22-/m1/s1. The number of aromatic nitrogens is 4. The first-order valence-electron chi connectivity index (χ1n) is 10.9. The number of ether oxygens (including phenoxy) is 2. The Morgan fingerprint density at radius 3 is 2.79 bits per heavy atom. The van der Waals surface area contributed by atoms with Crippen LogP contribution in [0.5, 0.6) is 0 Å². The van der Waals surface area contributed by atoms with Gasteiger partial charge in [-0.1, -0.05) is 11.3 Å². The monoisotopic (exact) mass is 397 g/mol. The maximum absolute atomic E-state index is 6.46. The van der Waals surface area contributed by atoms with Crippen LogP contribution >= 0.6 is 0 Å². The van der Waals surface area contributed by atoms with Crippen molar-refractivity contribution in [2.75, 3.05) is 26.8 Å². The van der Waals surface area contributed by atoms with Gasteiger partial charge in [0.1, 0.15) is 5.69 Å². The van der Waals surface area contributed by atoms with E-state index in [1.807, 2.05) is 29.3 Å². The van der Waals surface area contributed by atoms with E-state index in [0.29, 0.717) is 18.4 Å². The molecular formula is C22H31N5O2. The molecular weight excluding hydrogens is 366 g/mol. The quantitative estimate of drug-likeness (QED) is 0.682. The van der Waals surface area contributed by atoms with Crippen molar-refractivity contribution in [1.82, 2.24) is 24.9 Å². The van der Waals surface area contributed by atoms with Crippen molar-refractivity contribution in [1.29, 1.82) is 0 Å². The van der Waals surface area contributed by atoms with E-state index in [9.17, 15) is 0 Å². The normalized spacial score (nSPS) is 29.8. The summed E-state index contributed by atoms with van der Waals surface area (Å²) in [6.45, 7) is 4.69. The molecule has 0 N–H and O–H groups in total. The van der Waals surface area contributed by atoms with Gasteiger partial charge in [0, 0.05) is 45.7 Å². The Hall–Kier alpha value is -1.83. The molecule has 5 rings (SSSR count). The predicted octanol–water partition coefficient (Wildman–Crippen LogP) is 2.70. The van der Waals surface area contributed by atoms with E-state index in [2.05, 4.69) is 26.3 Å². The number of methoxy groups -OCH3 is 1. The molecule has 0 bridgehead atoms. The Morgan fingerprint density at radius 1 is 1.17 bits per heavy atom. The second-order valence-electron chi connectivity index (χ2n) is 9.05. The second kappa shape index (κ2) is 8.50. The summed E-state index contributed by atoms with van der Waals surface area (Å²) in [5, 5.41) is 8.73. The zero-order chi connectivity index (χ0) is 19.6. The van der Waals surface area contributed by atoms with Crippen LogP contribution in [0.25, 0.3) is 0 Å². The molecule has 0 amide bonds. The third-order valence-corrected chi connectivity index (χ3v) is 6.72. The molecule has 3 aliphatic rings. The van der Waals surface area contributed by atoms with Crippen molar-refractivity contribution in [2.45, 2.75) is 51.0 Å². The van der Waals surface area contributed by atoms with E-state index < -0.39 is 0 Å². The largest absolute Gasteiger partial charge is 0.378 e. The molecule has 2 aliphatic carbocycles.